The van der Waals surface area contributed by atoms with Crippen molar-refractivity contribution >= 4 is 17.8 Å². The van der Waals surface area contributed by atoms with Crippen molar-refractivity contribution in [3.63, 3.8) is 0 Å². The summed E-state index contributed by atoms with van der Waals surface area (Å²) in [5.74, 6) is 0.361. The summed E-state index contributed by atoms with van der Waals surface area (Å²) in [4.78, 5) is 24.5. The lowest BCUT2D eigenvalue weighted by molar-refractivity contribution is -0.336. The number of carbonyl (C=O) groups excluding carboxylic acids is 2. The van der Waals surface area contributed by atoms with Gasteiger partial charge >= 0.3 is 0 Å². The number of aliphatic hydroxyl groups excluding tert-OH is 1. The van der Waals surface area contributed by atoms with Gasteiger partial charge in [0.25, 0.3) is 0 Å². The van der Waals surface area contributed by atoms with Gasteiger partial charge in [0.1, 0.15) is 30.1 Å². The van der Waals surface area contributed by atoms with Crippen LogP contribution in [0.5, 0.6) is 5.75 Å². The average molecular weight is 506 g/mol. The molecule has 192 valence electrons. The molecule has 1 amide bonds. The highest BCUT2D eigenvalue weighted by molar-refractivity contribution is 6.06. The van der Waals surface area contributed by atoms with Crippen molar-refractivity contribution in [1.82, 2.24) is 5.32 Å². The molecule has 2 N–H and O–H groups in total. The van der Waals surface area contributed by atoms with E-state index >= 15 is 0 Å². The second-order valence-electron chi connectivity index (χ2n) is 8.76. The molecule has 6 atom stereocenters. The van der Waals surface area contributed by atoms with Crippen LogP contribution in [0.1, 0.15) is 34.9 Å². The number of hydrogen-bond donors (Lipinski definition) is 2. The summed E-state index contributed by atoms with van der Waals surface area (Å²) in [5.41, 5.74) is 1.19. The molecule has 9 nitrogen and oxygen atoms in total. The lowest BCUT2D eigenvalue weighted by Crippen LogP contribution is -2.67. The highest BCUT2D eigenvalue weighted by Gasteiger charge is 2.51. The number of aliphatic hydroxyl groups is 1. The van der Waals surface area contributed by atoms with E-state index < -0.39 is 36.9 Å². The normalized spacial score (nSPS) is 27.4. The Balaban J connectivity index is 1.35. The maximum Gasteiger partial charge on any atom is 0.223 e. The fraction of sp³-hybridized carbons (Fsp3) is 0.286. The lowest BCUT2D eigenvalue weighted by atomic mass is 9.95. The number of para-hydroxylation sites is 1. The molecular formula is C28H27NO8. The second kappa shape index (κ2) is 11.1. The second-order valence-corrected chi connectivity index (χ2v) is 8.76. The molecule has 2 fully saturated rings. The molecule has 37 heavy (non-hydrogen) atoms. The number of fused-ring (bicyclic) bond motifs is 1. The van der Waals surface area contributed by atoms with E-state index in [-0.39, 0.29) is 18.3 Å². The topological polar surface area (TPSA) is 116 Å². The minimum Gasteiger partial charge on any atom is -0.464 e. The molecule has 5 rings (SSSR count). The number of furan rings is 1. The largest absolute Gasteiger partial charge is 0.464 e. The van der Waals surface area contributed by atoms with E-state index in [1.807, 2.05) is 12.1 Å². The summed E-state index contributed by atoms with van der Waals surface area (Å²) >= 11 is 0. The molecule has 2 aliphatic heterocycles. The van der Waals surface area contributed by atoms with Crippen LogP contribution in [0.3, 0.4) is 0 Å². The van der Waals surface area contributed by atoms with Gasteiger partial charge in [0.15, 0.2) is 11.5 Å². The standard InChI is InChI=1S/C28H27NO8/c1-17(30)29-24-25(32)26-23(16-34-27(37-26)22-12-7-15-33-22)36-28(24)35-21-11-6-5-10-19(21)13-14-20(31)18-8-3-2-4-9-18/h2-15,23-28,32H,16H2,1H3,(H,29,30)/t23-,24+,25-,26+,27-,28-/m1/s1. The van der Waals surface area contributed by atoms with Crippen LogP contribution in [-0.2, 0) is 19.0 Å². The summed E-state index contributed by atoms with van der Waals surface area (Å²) in [6.45, 7) is 1.46. The quantitative estimate of drug-likeness (QED) is 0.371. The van der Waals surface area contributed by atoms with Gasteiger partial charge in [-0.25, -0.2) is 0 Å². The van der Waals surface area contributed by atoms with Crippen LogP contribution < -0.4 is 10.1 Å². The average Bonchev–Trinajstić information content (AvgIpc) is 3.45. The van der Waals surface area contributed by atoms with E-state index in [0.29, 0.717) is 22.6 Å². The summed E-state index contributed by atoms with van der Waals surface area (Å²) in [5, 5.41) is 13.9. The van der Waals surface area contributed by atoms with E-state index in [4.69, 9.17) is 23.4 Å². The van der Waals surface area contributed by atoms with Gasteiger partial charge in [0.2, 0.25) is 18.5 Å². The molecule has 0 aliphatic carbocycles. The zero-order valence-electron chi connectivity index (χ0n) is 20.1. The molecule has 3 aromatic rings. The van der Waals surface area contributed by atoms with Crippen LogP contribution in [0, 0.1) is 0 Å². The molecule has 2 aliphatic rings. The summed E-state index contributed by atoms with van der Waals surface area (Å²) in [7, 11) is 0. The van der Waals surface area contributed by atoms with Crippen molar-refractivity contribution in [2.24, 2.45) is 0 Å². The summed E-state index contributed by atoms with van der Waals surface area (Å²) in [6.07, 6.45) is 0.165. The van der Waals surface area contributed by atoms with Crippen LogP contribution in [0.4, 0.5) is 0 Å². The third kappa shape index (κ3) is 5.65. The van der Waals surface area contributed by atoms with Crippen molar-refractivity contribution in [2.75, 3.05) is 6.61 Å². The smallest absolute Gasteiger partial charge is 0.223 e. The van der Waals surface area contributed by atoms with Gasteiger partial charge in [-0.2, -0.15) is 0 Å². The van der Waals surface area contributed by atoms with Gasteiger partial charge in [-0.15, -0.1) is 0 Å². The molecule has 0 saturated carbocycles. The zero-order chi connectivity index (χ0) is 25.8. The van der Waals surface area contributed by atoms with Crippen molar-refractivity contribution in [3.8, 4) is 5.75 Å². The molecule has 0 bridgehead atoms. The van der Waals surface area contributed by atoms with Crippen LogP contribution in [0.2, 0.25) is 0 Å². The van der Waals surface area contributed by atoms with Crippen LogP contribution in [0.15, 0.2) is 83.5 Å². The summed E-state index contributed by atoms with van der Waals surface area (Å²) in [6, 6.07) is 18.5. The van der Waals surface area contributed by atoms with Gasteiger partial charge in [-0.3, -0.25) is 9.59 Å². The number of ketones is 1. The van der Waals surface area contributed by atoms with Gasteiger partial charge in [-0.1, -0.05) is 48.5 Å². The molecule has 0 radical (unpaired) electrons. The molecule has 0 unspecified atom stereocenters. The number of carbonyl (C=O) groups is 2. The Hall–Kier alpha value is -3.76. The van der Waals surface area contributed by atoms with Crippen LogP contribution >= 0.6 is 0 Å². The SMILES string of the molecule is CC(=O)N[C@@H]1[C@H](Oc2ccccc2C=CC(=O)c2ccccc2)O[C@@H]2CO[C@@H](c3ccco3)O[C@@H]2[C@@H]1O. The number of amides is 1. The number of ether oxygens (including phenoxy) is 4. The van der Waals surface area contributed by atoms with E-state index in [9.17, 15) is 14.7 Å². The predicted molar refractivity (Wildman–Crippen MR) is 131 cm³/mol. The predicted octanol–water partition coefficient (Wildman–Crippen LogP) is 3.26. The Kier molecular flexibility index (Phi) is 7.47. The van der Waals surface area contributed by atoms with Gasteiger partial charge in [-0.05, 0) is 30.4 Å². The maximum atomic E-state index is 12.5. The highest BCUT2D eigenvalue weighted by Crippen LogP contribution is 2.35. The Morgan fingerprint density at radius 2 is 1.81 bits per heavy atom. The zero-order valence-corrected chi connectivity index (χ0v) is 20.1. The Bertz CT molecular complexity index is 1240. The Labute approximate surface area is 213 Å². The van der Waals surface area contributed by atoms with E-state index in [2.05, 4.69) is 5.32 Å². The fourth-order valence-corrected chi connectivity index (χ4v) is 4.36. The lowest BCUT2D eigenvalue weighted by Gasteiger charge is -2.47. The molecule has 2 saturated heterocycles. The number of benzene rings is 2. The number of nitrogens with one attached hydrogen (secondary N) is 1. The minimum absolute atomic E-state index is 0.118. The first kappa shape index (κ1) is 24.9. The molecule has 2 aromatic carbocycles. The van der Waals surface area contributed by atoms with E-state index in [1.165, 1.54) is 19.3 Å². The molecule has 9 heteroatoms. The van der Waals surface area contributed by atoms with Gasteiger partial charge < -0.3 is 33.8 Å². The third-order valence-corrected chi connectivity index (χ3v) is 6.15. The number of rotatable bonds is 7. The van der Waals surface area contributed by atoms with Gasteiger partial charge in [0, 0.05) is 18.1 Å². The van der Waals surface area contributed by atoms with Crippen LogP contribution in [0.25, 0.3) is 6.08 Å². The number of hydrogen-bond acceptors (Lipinski definition) is 8. The van der Waals surface area contributed by atoms with Crippen molar-refractivity contribution in [3.05, 3.63) is 96.0 Å². The molecular weight excluding hydrogens is 478 g/mol. The van der Waals surface area contributed by atoms with Crippen molar-refractivity contribution < 1.29 is 38.1 Å². The monoisotopic (exact) mass is 505 g/mol. The van der Waals surface area contributed by atoms with E-state index in [0.717, 1.165) is 0 Å². The minimum atomic E-state index is -1.16. The Morgan fingerprint density at radius 3 is 2.57 bits per heavy atom. The van der Waals surface area contributed by atoms with Crippen molar-refractivity contribution in [2.45, 2.75) is 43.9 Å². The summed E-state index contributed by atoms with van der Waals surface area (Å²) < 4.78 is 29.3. The fourth-order valence-electron chi connectivity index (χ4n) is 4.36. The Morgan fingerprint density at radius 1 is 1.03 bits per heavy atom. The molecule has 3 heterocycles. The molecule has 1 aromatic heterocycles. The van der Waals surface area contributed by atoms with Crippen molar-refractivity contribution in [1.29, 1.82) is 0 Å². The number of allylic oxidation sites excluding steroid dienone is 1. The third-order valence-electron chi connectivity index (χ3n) is 6.15. The maximum absolute atomic E-state index is 12.5. The van der Waals surface area contributed by atoms with Crippen LogP contribution in [-0.4, -0.2) is 54.0 Å². The first-order chi connectivity index (χ1) is 18.0. The molecule has 0 spiro atoms. The first-order valence-electron chi connectivity index (χ1n) is 11.9. The van der Waals surface area contributed by atoms with Gasteiger partial charge in [0.05, 0.1) is 12.9 Å². The highest BCUT2D eigenvalue weighted by atomic mass is 16.8. The van der Waals surface area contributed by atoms with E-state index in [1.54, 1.807) is 60.7 Å². The first-order valence-corrected chi connectivity index (χ1v) is 11.9.